The lowest BCUT2D eigenvalue weighted by Crippen LogP contribution is -2.30. The highest BCUT2D eigenvalue weighted by atomic mass is 35.5. The second kappa shape index (κ2) is 5.73. The minimum Gasteiger partial charge on any atom is -0.505 e. The van der Waals surface area contributed by atoms with Crippen LogP contribution in [0.3, 0.4) is 0 Å². The summed E-state index contributed by atoms with van der Waals surface area (Å²) in [6.07, 6.45) is 0. The topological polar surface area (TPSA) is 47.5 Å². The fraction of sp³-hybridized carbons (Fsp3) is 0.400. The number of anilines is 3. The number of fused-ring (bicyclic) bond motifs is 1. The summed E-state index contributed by atoms with van der Waals surface area (Å²) in [5.74, 6) is 0.277. The first-order chi connectivity index (χ1) is 11.5. The Bertz CT molecular complexity index is 819. The van der Waals surface area contributed by atoms with Crippen LogP contribution in [0.15, 0.2) is 30.3 Å². The Hall–Kier alpha value is -2.07. The van der Waals surface area contributed by atoms with Gasteiger partial charge in [0.2, 0.25) is 0 Å². The van der Waals surface area contributed by atoms with Crippen molar-refractivity contribution in [2.24, 2.45) is 0 Å². The quantitative estimate of drug-likeness (QED) is 0.600. The van der Waals surface area contributed by atoms with Gasteiger partial charge in [0.05, 0.1) is 11.4 Å². The summed E-state index contributed by atoms with van der Waals surface area (Å²) < 4.78 is 0. The maximum absolute atomic E-state index is 11.0. The molecule has 0 amide bonds. The van der Waals surface area contributed by atoms with Gasteiger partial charge in [-0.25, -0.2) is 0 Å². The van der Waals surface area contributed by atoms with Crippen molar-refractivity contribution in [1.82, 2.24) is 0 Å². The van der Waals surface area contributed by atoms with Crippen molar-refractivity contribution in [3.63, 3.8) is 0 Å². The molecule has 0 saturated heterocycles. The summed E-state index contributed by atoms with van der Waals surface area (Å²) in [6.45, 7) is 12.9. The highest BCUT2D eigenvalue weighted by Gasteiger charge is 2.29. The molecule has 134 valence electrons. The van der Waals surface area contributed by atoms with Crippen LogP contribution in [0.25, 0.3) is 0 Å². The standard InChI is InChI=1S/C20H26ClN3O/c1-19(2,3)12-9-14(20(4,5)6)18(25)17(10-12)24-22-15-8-7-13(21)11-16(15)23-24/h7-11,22-23,25H,1-6H3. The van der Waals surface area contributed by atoms with Crippen molar-refractivity contribution in [2.45, 2.75) is 52.4 Å². The molecule has 0 saturated carbocycles. The molecule has 2 aromatic rings. The number of hydrogen-bond acceptors (Lipinski definition) is 4. The fourth-order valence-electron chi connectivity index (χ4n) is 2.89. The molecule has 0 unspecified atom stereocenters. The van der Waals surface area contributed by atoms with Gasteiger partial charge in [0.25, 0.3) is 0 Å². The molecule has 3 rings (SSSR count). The molecule has 0 radical (unpaired) electrons. The Morgan fingerprint density at radius 2 is 1.52 bits per heavy atom. The van der Waals surface area contributed by atoms with E-state index in [0.29, 0.717) is 10.7 Å². The van der Waals surface area contributed by atoms with Gasteiger partial charge in [-0.15, -0.1) is 0 Å². The molecule has 25 heavy (non-hydrogen) atoms. The fourth-order valence-corrected chi connectivity index (χ4v) is 3.06. The van der Waals surface area contributed by atoms with E-state index in [9.17, 15) is 5.11 Å². The van der Waals surface area contributed by atoms with Crippen molar-refractivity contribution in [3.8, 4) is 5.75 Å². The van der Waals surface area contributed by atoms with Crippen LogP contribution < -0.4 is 16.0 Å². The van der Waals surface area contributed by atoms with Gasteiger partial charge in [-0.2, -0.15) is 5.12 Å². The number of nitrogens with one attached hydrogen (secondary N) is 2. The Labute approximate surface area is 154 Å². The zero-order chi connectivity index (χ0) is 18.6. The molecule has 0 aromatic heterocycles. The first kappa shape index (κ1) is 17.7. The number of benzene rings is 2. The number of phenols is 1. The molecule has 2 aromatic carbocycles. The van der Waals surface area contributed by atoms with E-state index in [4.69, 9.17) is 11.6 Å². The van der Waals surface area contributed by atoms with Crippen molar-refractivity contribution in [2.75, 3.05) is 16.0 Å². The van der Waals surface area contributed by atoms with Crippen LogP contribution in [-0.2, 0) is 10.8 Å². The van der Waals surface area contributed by atoms with Crippen molar-refractivity contribution in [1.29, 1.82) is 0 Å². The van der Waals surface area contributed by atoms with E-state index >= 15 is 0 Å². The van der Waals surface area contributed by atoms with E-state index in [1.165, 1.54) is 5.56 Å². The molecular weight excluding hydrogens is 334 g/mol. The Morgan fingerprint density at radius 1 is 0.880 bits per heavy atom. The minimum atomic E-state index is -0.171. The molecule has 4 nitrogen and oxygen atoms in total. The molecule has 0 bridgehead atoms. The third-order valence-corrected chi connectivity index (χ3v) is 4.69. The van der Waals surface area contributed by atoms with Gasteiger partial charge in [0, 0.05) is 10.6 Å². The molecule has 0 atom stereocenters. The normalized spacial score (nSPS) is 14.1. The molecule has 1 aliphatic rings. The van der Waals surface area contributed by atoms with E-state index in [1.54, 1.807) is 5.12 Å². The summed E-state index contributed by atoms with van der Waals surface area (Å²) in [7, 11) is 0. The van der Waals surface area contributed by atoms with E-state index < -0.39 is 0 Å². The average molecular weight is 360 g/mol. The molecule has 1 aliphatic heterocycles. The van der Waals surface area contributed by atoms with Crippen LogP contribution in [0, 0.1) is 0 Å². The highest BCUT2D eigenvalue weighted by Crippen LogP contribution is 2.43. The van der Waals surface area contributed by atoms with Crippen LogP contribution in [0.5, 0.6) is 5.75 Å². The maximum atomic E-state index is 11.0. The van der Waals surface area contributed by atoms with E-state index in [2.05, 4.69) is 58.5 Å². The highest BCUT2D eigenvalue weighted by molar-refractivity contribution is 6.31. The average Bonchev–Trinajstić information content (AvgIpc) is 2.87. The predicted octanol–water partition coefficient (Wildman–Crippen LogP) is 5.81. The molecule has 1 heterocycles. The number of hydrogen-bond donors (Lipinski definition) is 3. The van der Waals surface area contributed by atoms with Gasteiger partial charge in [0.1, 0.15) is 11.4 Å². The lowest BCUT2D eigenvalue weighted by atomic mass is 9.79. The lowest BCUT2D eigenvalue weighted by Gasteiger charge is -2.30. The largest absolute Gasteiger partial charge is 0.505 e. The molecule has 0 spiro atoms. The Morgan fingerprint density at radius 3 is 2.12 bits per heavy atom. The van der Waals surface area contributed by atoms with Crippen molar-refractivity contribution in [3.05, 3.63) is 46.5 Å². The predicted molar refractivity (Wildman–Crippen MR) is 107 cm³/mol. The summed E-state index contributed by atoms with van der Waals surface area (Å²) in [5, 5.41) is 13.4. The van der Waals surface area contributed by atoms with E-state index in [1.807, 2.05) is 24.3 Å². The minimum absolute atomic E-state index is 0.0294. The summed E-state index contributed by atoms with van der Waals surface area (Å²) >= 11 is 6.08. The summed E-state index contributed by atoms with van der Waals surface area (Å²) in [6, 6.07) is 9.75. The number of phenolic OH excluding ortho intramolecular Hbond substituents is 1. The van der Waals surface area contributed by atoms with Crippen LogP contribution in [-0.4, -0.2) is 5.11 Å². The number of halogens is 1. The van der Waals surface area contributed by atoms with Crippen LogP contribution in [0.2, 0.25) is 5.02 Å². The SMILES string of the molecule is CC(C)(C)c1cc(N2Nc3ccc(Cl)cc3N2)c(O)c(C(C)(C)C)c1. The lowest BCUT2D eigenvalue weighted by molar-refractivity contribution is 0.445. The van der Waals surface area contributed by atoms with Gasteiger partial charge in [-0.3, -0.25) is 10.9 Å². The molecule has 0 fully saturated rings. The molecule has 0 aliphatic carbocycles. The third kappa shape index (κ3) is 3.36. The third-order valence-electron chi connectivity index (χ3n) is 4.45. The van der Waals surface area contributed by atoms with Crippen LogP contribution >= 0.6 is 11.6 Å². The summed E-state index contributed by atoms with van der Waals surface area (Å²) in [5.41, 5.74) is 10.9. The second-order valence-electron chi connectivity index (χ2n) is 8.64. The smallest absolute Gasteiger partial charge is 0.146 e. The van der Waals surface area contributed by atoms with Crippen molar-refractivity contribution >= 4 is 28.7 Å². The van der Waals surface area contributed by atoms with Crippen LogP contribution in [0.1, 0.15) is 52.7 Å². The maximum Gasteiger partial charge on any atom is 0.146 e. The first-order valence-corrected chi connectivity index (χ1v) is 8.85. The van der Waals surface area contributed by atoms with E-state index in [0.717, 1.165) is 16.9 Å². The number of hydrazine groups is 2. The molecule has 5 heteroatoms. The Kier molecular flexibility index (Phi) is 4.07. The second-order valence-corrected chi connectivity index (χ2v) is 9.08. The monoisotopic (exact) mass is 359 g/mol. The molecular formula is C20H26ClN3O. The zero-order valence-electron chi connectivity index (χ0n) is 15.7. The first-order valence-electron chi connectivity index (χ1n) is 8.48. The number of aromatic hydroxyl groups is 1. The summed E-state index contributed by atoms with van der Waals surface area (Å²) in [4.78, 5) is 0. The number of nitrogens with zero attached hydrogens (tertiary/aromatic N) is 1. The van der Waals surface area contributed by atoms with Crippen molar-refractivity contribution < 1.29 is 5.11 Å². The van der Waals surface area contributed by atoms with Gasteiger partial charge >= 0.3 is 0 Å². The Balaban J connectivity index is 2.10. The van der Waals surface area contributed by atoms with Crippen LogP contribution in [0.4, 0.5) is 17.1 Å². The van der Waals surface area contributed by atoms with Gasteiger partial charge in [-0.05, 0) is 40.7 Å². The van der Waals surface area contributed by atoms with Gasteiger partial charge in [-0.1, -0.05) is 59.2 Å². The number of rotatable bonds is 1. The van der Waals surface area contributed by atoms with Gasteiger partial charge < -0.3 is 5.11 Å². The van der Waals surface area contributed by atoms with E-state index in [-0.39, 0.29) is 16.6 Å². The zero-order valence-corrected chi connectivity index (χ0v) is 16.4. The molecule has 3 N–H and O–H groups in total. The van der Waals surface area contributed by atoms with Gasteiger partial charge in [0.15, 0.2) is 0 Å².